The second kappa shape index (κ2) is 4.61. The molecule has 0 radical (unpaired) electrons. The maximum atomic E-state index is 11.8. The van der Waals surface area contributed by atoms with Crippen molar-refractivity contribution in [3.8, 4) is 0 Å². The smallest absolute Gasteiger partial charge is 0.253 e. The van der Waals surface area contributed by atoms with Gasteiger partial charge < -0.3 is 4.90 Å². The van der Waals surface area contributed by atoms with Crippen LogP contribution >= 0.6 is 0 Å². The third-order valence-electron chi connectivity index (χ3n) is 1.87. The molecule has 0 spiro atoms. The van der Waals surface area contributed by atoms with Gasteiger partial charge in [0, 0.05) is 19.2 Å². The van der Waals surface area contributed by atoms with E-state index in [0.29, 0.717) is 6.54 Å². The van der Waals surface area contributed by atoms with E-state index in [-0.39, 0.29) is 5.91 Å². The number of carbonyl (C=O) groups excluding carboxylic acids is 1. The van der Waals surface area contributed by atoms with Crippen LogP contribution in [0.25, 0.3) is 0 Å². The van der Waals surface area contributed by atoms with Crippen LogP contribution in [0.2, 0.25) is 0 Å². The fourth-order valence-corrected chi connectivity index (χ4v) is 1.28. The molecule has 1 rings (SSSR count). The van der Waals surface area contributed by atoms with E-state index in [9.17, 15) is 4.79 Å². The van der Waals surface area contributed by atoms with E-state index >= 15 is 0 Å². The predicted octanol–water partition coefficient (Wildman–Crippen LogP) is 2.33. The summed E-state index contributed by atoms with van der Waals surface area (Å²) in [4.78, 5) is 13.4. The molecule has 2 nitrogen and oxygen atoms in total. The lowest BCUT2D eigenvalue weighted by atomic mass is 10.2. The third-order valence-corrected chi connectivity index (χ3v) is 1.87. The van der Waals surface area contributed by atoms with Gasteiger partial charge in [-0.15, -0.1) is 0 Å². The molecule has 0 aromatic heterocycles. The molecule has 0 aliphatic carbocycles. The minimum absolute atomic E-state index is 0.0357. The van der Waals surface area contributed by atoms with Crippen LogP contribution in [-0.4, -0.2) is 24.4 Å². The summed E-state index contributed by atoms with van der Waals surface area (Å²) in [5.74, 6) is 0.0357. The fraction of sp³-hybridized carbons (Fsp3) is 0.250. The highest BCUT2D eigenvalue weighted by Crippen LogP contribution is 2.04. The van der Waals surface area contributed by atoms with E-state index in [2.05, 4.69) is 6.58 Å². The van der Waals surface area contributed by atoms with Gasteiger partial charge in [0.05, 0.1) is 0 Å². The van der Waals surface area contributed by atoms with Crippen LogP contribution in [0.4, 0.5) is 0 Å². The van der Waals surface area contributed by atoms with Crippen LogP contribution in [0, 0.1) is 0 Å². The Morgan fingerprint density at radius 2 is 1.93 bits per heavy atom. The zero-order valence-corrected chi connectivity index (χ0v) is 8.66. The average Bonchev–Trinajstić information content (AvgIpc) is 2.17. The Morgan fingerprint density at radius 1 is 1.36 bits per heavy atom. The van der Waals surface area contributed by atoms with Gasteiger partial charge in [-0.2, -0.15) is 0 Å². The van der Waals surface area contributed by atoms with E-state index in [1.165, 1.54) is 0 Å². The molecular weight excluding hydrogens is 174 g/mol. The van der Waals surface area contributed by atoms with Gasteiger partial charge >= 0.3 is 0 Å². The van der Waals surface area contributed by atoms with Crippen molar-refractivity contribution < 1.29 is 4.79 Å². The Labute approximate surface area is 84.9 Å². The lowest BCUT2D eigenvalue weighted by Crippen LogP contribution is -2.27. The van der Waals surface area contributed by atoms with Gasteiger partial charge in [0.25, 0.3) is 5.91 Å². The van der Waals surface area contributed by atoms with Crippen LogP contribution in [0.1, 0.15) is 17.3 Å². The minimum Gasteiger partial charge on any atom is -0.338 e. The van der Waals surface area contributed by atoms with Gasteiger partial charge in [-0.1, -0.05) is 30.4 Å². The first kappa shape index (κ1) is 10.5. The first-order valence-corrected chi connectivity index (χ1v) is 4.56. The van der Waals surface area contributed by atoms with Gasteiger partial charge in [-0.05, 0) is 19.1 Å². The number of rotatable bonds is 3. The Bertz CT molecular complexity index is 329. The molecule has 2 heteroatoms. The quantitative estimate of drug-likeness (QED) is 0.668. The molecule has 0 aliphatic heterocycles. The molecule has 1 aromatic rings. The van der Waals surface area contributed by atoms with Gasteiger partial charge in [-0.25, -0.2) is 0 Å². The average molecular weight is 189 g/mol. The summed E-state index contributed by atoms with van der Waals surface area (Å²) >= 11 is 0. The normalized spacial score (nSPS) is 9.57. The summed E-state index contributed by atoms with van der Waals surface area (Å²) in [5, 5.41) is 0. The molecule has 14 heavy (non-hydrogen) atoms. The van der Waals surface area contributed by atoms with E-state index < -0.39 is 0 Å². The molecule has 74 valence electrons. The Morgan fingerprint density at radius 3 is 2.43 bits per heavy atom. The van der Waals surface area contributed by atoms with Crippen molar-refractivity contribution in [2.45, 2.75) is 6.92 Å². The third kappa shape index (κ3) is 2.73. The molecule has 0 aliphatic rings. The van der Waals surface area contributed by atoms with Gasteiger partial charge in [0.15, 0.2) is 0 Å². The zero-order valence-electron chi connectivity index (χ0n) is 8.66. The lowest BCUT2D eigenvalue weighted by Gasteiger charge is -2.16. The van der Waals surface area contributed by atoms with Gasteiger partial charge in [0.2, 0.25) is 0 Å². The maximum absolute atomic E-state index is 11.8. The minimum atomic E-state index is 0.0357. The van der Waals surface area contributed by atoms with Crippen LogP contribution in [0.15, 0.2) is 42.5 Å². The van der Waals surface area contributed by atoms with Crippen molar-refractivity contribution in [2.24, 2.45) is 0 Å². The van der Waals surface area contributed by atoms with Crippen molar-refractivity contribution in [1.82, 2.24) is 4.90 Å². The summed E-state index contributed by atoms with van der Waals surface area (Å²) in [6, 6.07) is 9.26. The first-order valence-electron chi connectivity index (χ1n) is 4.56. The van der Waals surface area contributed by atoms with Crippen LogP contribution in [-0.2, 0) is 0 Å². The fourth-order valence-electron chi connectivity index (χ4n) is 1.28. The topological polar surface area (TPSA) is 20.3 Å². The SMILES string of the molecule is C=C(C)CN(C)C(=O)c1ccccc1. The summed E-state index contributed by atoms with van der Waals surface area (Å²) in [7, 11) is 1.78. The molecular formula is C12H15NO. The van der Waals surface area contributed by atoms with Crippen molar-refractivity contribution in [2.75, 3.05) is 13.6 Å². The number of hydrogen-bond acceptors (Lipinski definition) is 1. The number of nitrogens with zero attached hydrogens (tertiary/aromatic N) is 1. The van der Waals surface area contributed by atoms with E-state index in [1.54, 1.807) is 11.9 Å². The molecule has 0 atom stereocenters. The molecule has 0 heterocycles. The van der Waals surface area contributed by atoms with Gasteiger partial charge in [-0.3, -0.25) is 4.79 Å². The number of likely N-dealkylation sites (N-methyl/N-ethyl adjacent to an activating group) is 1. The highest BCUT2D eigenvalue weighted by atomic mass is 16.2. The molecule has 0 fully saturated rings. The van der Waals surface area contributed by atoms with E-state index in [0.717, 1.165) is 11.1 Å². The van der Waals surface area contributed by atoms with Crippen LogP contribution in [0.3, 0.4) is 0 Å². The Kier molecular flexibility index (Phi) is 3.46. The maximum Gasteiger partial charge on any atom is 0.253 e. The summed E-state index contributed by atoms with van der Waals surface area (Å²) in [6.07, 6.45) is 0. The molecule has 0 unspecified atom stereocenters. The highest BCUT2D eigenvalue weighted by Gasteiger charge is 2.09. The number of amides is 1. The number of benzene rings is 1. The first-order chi connectivity index (χ1) is 6.61. The highest BCUT2D eigenvalue weighted by molar-refractivity contribution is 5.94. The second-order valence-corrected chi connectivity index (χ2v) is 3.48. The molecule has 1 aromatic carbocycles. The summed E-state index contributed by atoms with van der Waals surface area (Å²) in [5.41, 5.74) is 1.70. The van der Waals surface area contributed by atoms with Crippen LogP contribution in [0.5, 0.6) is 0 Å². The van der Waals surface area contributed by atoms with Crippen molar-refractivity contribution in [3.05, 3.63) is 48.0 Å². The van der Waals surface area contributed by atoms with Crippen LogP contribution < -0.4 is 0 Å². The second-order valence-electron chi connectivity index (χ2n) is 3.48. The van der Waals surface area contributed by atoms with E-state index in [4.69, 9.17) is 0 Å². The van der Waals surface area contributed by atoms with Crippen molar-refractivity contribution >= 4 is 5.91 Å². The molecule has 0 bridgehead atoms. The van der Waals surface area contributed by atoms with Gasteiger partial charge in [0.1, 0.15) is 0 Å². The molecule has 0 N–H and O–H groups in total. The monoisotopic (exact) mass is 189 g/mol. The lowest BCUT2D eigenvalue weighted by molar-refractivity contribution is 0.0807. The predicted molar refractivity (Wildman–Crippen MR) is 58.2 cm³/mol. The number of hydrogen-bond donors (Lipinski definition) is 0. The summed E-state index contributed by atoms with van der Waals surface area (Å²) < 4.78 is 0. The molecule has 0 saturated carbocycles. The van der Waals surface area contributed by atoms with E-state index in [1.807, 2.05) is 37.3 Å². The summed E-state index contributed by atoms with van der Waals surface area (Å²) in [6.45, 7) is 6.29. The number of carbonyl (C=O) groups is 1. The standard InChI is InChI=1S/C12H15NO/c1-10(2)9-13(3)12(14)11-7-5-4-6-8-11/h4-8H,1,9H2,2-3H3. The largest absolute Gasteiger partial charge is 0.338 e. The Hall–Kier alpha value is -1.57. The van der Waals surface area contributed by atoms with Crippen molar-refractivity contribution in [1.29, 1.82) is 0 Å². The molecule has 0 saturated heterocycles. The van der Waals surface area contributed by atoms with Crippen molar-refractivity contribution in [3.63, 3.8) is 0 Å². The zero-order chi connectivity index (χ0) is 10.6. The molecule has 1 amide bonds. The Balaban J connectivity index is 2.71.